The number of imidazole rings is 2. The van der Waals surface area contributed by atoms with Gasteiger partial charge in [0.05, 0.1) is 83.7 Å². The highest BCUT2D eigenvalue weighted by Gasteiger charge is 2.46. The standard InChI is InChI=1S/C51H57FN10O5SSi/c1-27(2)44(59-51(65)66-3)49(64)60-17-9-12-37(60)45-54-22-34(57-45)30-15-16-36-32(18-30)20-38-42-33(52)19-31(21-40(42)67-50(62(36)38)41-24-56-47(68-41)29-13-14-29)35-23-55-46(58-35)39-25-69(4,5)26-61(39)48(63)43(53)28-10-7-6-8-11-28/h6-8,10,15-16,18-24,27-29,37,39,43-44,50H,9,11-14,17,25-26,53H2,1-5H3,(H,54,57)(H,55,58)(H,59,65)/t28?,37-,39-,43+,44?,50-/m0/s1. The summed E-state index contributed by atoms with van der Waals surface area (Å²) >= 11 is 1.64. The van der Waals surface area contributed by atoms with Gasteiger partial charge in [-0.1, -0.05) is 57.3 Å². The van der Waals surface area contributed by atoms with E-state index in [0.717, 1.165) is 70.2 Å². The van der Waals surface area contributed by atoms with Crippen molar-refractivity contribution in [3.8, 4) is 39.5 Å². The molecule has 5 N–H and O–H groups in total. The maximum absolute atomic E-state index is 17.0. The van der Waals surface area contributed by atoms with Crippen molar-refractivity contribution in [2.45, 2.75) is 101 Å². The molecular weight excluding hydrogens is 912 g/mol. The van der Waals surface area contributed by atoms with Crippen LogP contribution in [0.4, 0.5) is 9.18 Å². The second-order valence-electron chi connectivity index (χ2n) is 20.3. The van der Waals surface area contributed by atoms with Crippen LogP contribution < -0.4 is 15.8 Å². The van der Waals surface area contributed by atoms with E-state index in [-0.39, 0.29) is 35.7 Å². The summed E-state index contributed by atoms with van der Waals surface area (Å²) in [5.41, 5.74) is 11.4. The molecule has 69 heavy (non-hydrogen) atoms. The Hall–Kier alpha value is -6.37. The van der Waals surface area contributed by atoms with Crippen LogP contribution in [0.15, 0.2) is 79.3 Å². The quantitative estimate of drug-likeness (QED) is 0.0918. The zero-order valence-electron chi connectivity index (χ0n) is 39.4. The van der Waals surface area contributed by atoms with Crippen molar-refractivity contribution in [1.29, 1.82) is 0 Å². The lowest BCUT2D eigenvalue weighted by Gasteiger charge is -2.30. The smallest absolute Gasteiger partial charge is 0.407 e. The summed E-state index contributed by atoms with van der Waals surface area (Å²) in [7, 11) is -0.517. The van der Waals surface area contributed by atoms with Gasteiger partial charge in [-0.2, -0.15) is 0 Å². The average molecular weight is 969 g/mol. The van der Waals surface area contributed by atoms with Crippen LogP contribution in [0.2, 0.25) is 19.1 Å². The molecule has 6 aromatic rings. The zero-order chi connectivity index (χ0) is 47.9. The number of alkyl carbamates (subject to hydrolysis) is 1. The van der Waals surface area contributed by atoms with E-state index in [1.54, 1.807) is 28.6 Å². The summed E-state index contributed by atoms with van der Waals surface area (Å²) in [4.78, 5) is 66.0. The fourth-order valence-electron chi connectivity index (χ4n) is 10.7. The van der Waals surface area contributed by atoms with Crippen LogP contribution in [0.1, 0.15) is 91.7 Å². The van der Waals surface area contributed by atoms with Crippen LogP contribution in [-0.2, 0) is 14.3 Å². The van der Waals surface area contributed by atoms with E-state index in [9.17, 15) is 14.4 Å². The number of halogens is 1. The molecule has 3 fully saturated rings. The zero-order valence-corrected chi connectivity index (χ0v) is 41.2. The maximum atomic E-state index is 17.0. The van der Waals surface area contributed by atoms with Gasteiger partial charge >= 0.3 is 6.09 Å². The summed E-state index contributed by atoms with van der Waals surface area (Å²) in [5.74, 6) is 1.32. The minimum absolute atomic E-state index is 0.0601. The summed E-state index contributed by atoms with van der Waals surface area (Å²) in [6.07, 6.45) is 17.3. The fraction of sp³-hybridized carbons (Fsp3) is 0.412. The van der Waals surface area contributed by atoms with E-state index in [1.165, 1.54) is 13.2 Å². The van der Waals surface area contributed by atoms with Crippen molar-refractivity contribution in [2.24, 2.45) is 17.6 Å². The highest BCUT2D eigenvalue weighted by Crippen LogP contribution is 2.50. The number of thiazole rings is 1. The lowest BCUT2D eigenvalue weighted by molar-refractivity contribution is -0.135. The fourth-order valence-corrected chi connectivity index (χ4v) is 14.7. The van der Waals surface area contributed by atoms with Gasteiger partial charge in [-0.3, -0.25) is 14.2 Å². The number of aromatic nitrogens is 6. The minimum Gasteiger partial charge on any atom is -0.464 e. The first-order chi connectivity index (χ1) is 33.2. The number of rotatable bonds is 11. The van der Waals surface area contributed by atoms with Gasteiger partial charge in [0.2, 0.25) is 18.0 Å². The van der Waals surface area contributed by atoms with E-state index in [4.69, 9.17) is 30.2 Å². The molecule has 358 valence electrons. The van der Waals surface area contributed by atoms with Gasteiger partial charge in [0.1, 0.15) is 29.3 Å². The molecule has 2 saturated heterocycles. The van der Waals surface area contributed by atoms with Gasteiger partial charge < -0.3 is 40.3 Å². The highest BCUT2D eigenvalue weighted by molar-refractivity contribution is 7.11. The first-order valence-electron chi connectivity index (χ1n) is 24.0. The summed E-state index contributed by atoms with van der Waals surface area (Å²) in [6.45, 7) is 8.91. The first kappa shape index (κ1) is 45.1. The Morgan fingerprint density at radius 1 is 0.942 bits per heavy atom. The molecular formula is C51H57FN10O5SSi. The Morgan fingerprint density at radius 3 is 2.43 bits per heavy atom. The number of hydrogen-bond donors (Lipinski definition) is 4. The number of carbonyl (C=O) groups excluding carboxylic acids is 3. The number of allylic oxidation sites excluding steroid dienone is 3. The lowest BCUT2D eigenvalue weighted by atomic mass is 9.92. The van der Waals surface area contributed by atoms with Crippen molar-refractivity contribution >= 4 is 48.2 Å². The van der Waals surface area contributed by atoms with Gasteiger partial charge in [0.25, 0.3) is 0 Å². The molecule has 0 bridgehead atoms. The number of fused-ring (bicyclic) bond motifs is 5. The number of amides is 3. The Kier molecular flexibility index (Phi) is 11.5. The number of H-pyrrole nitrogens is 2. The minimum atomic E-state index is -1.80. The number of methoxy groups -OCH3 is 1. The molecule has 6 atom stereocenters. The predicted molar refractivity (Wildman–Crippen MR) is 264 cm³/mol. The third-order valence-corrected chi connectivity index (χ3v) is 18.3. The SMILES string of the molecule is COC(=O)NC(C(=O)N1CCC[C@H]1c1ncc(-c2ccc3c(c2)cc2n3[C@H](c3cnc(C4CC4)s3)Oc3cc(-c4cnc([C@@H]5C[Si](C)(C)CN5C(=O)[C@H](N)C5C=CC=CC5)[nH]4)cc(F)c3-2)[nH]1)C(C)C. The van der Waals surface area contributed by atoms with Crippen molar-refractivity contribution < 1.29 is 28.2 Å². The summed E-state index contributed by atoms with van der Waals surface area (Å²) in [5, 5.41) is 4.68. The number of ether oxygens (including phenoxy) is 2. The number of nitrogens with zero attached hydrogens (tertiary/aromatic N) is 6. The molecule has 0 radical (unpaired) electrons. The number of hydrogen-bond acceptors (Lipinski definition) is 10. The largest absolute Gasteiger partial charge is 0.464 e. The van der Waals surface area contributed by atoms with E-state index in [2.05, 4.69) is 39.0 Å². The number of likely N-dealkylation sites (tertiary alicyclic amines) is 1. The van der Waals surface area contributed by atoms with Gasteiger partial charge in [0, 0.05) is 47.3 Å². The molecule has 18 heteroatoms. The lowest BCUT2D eigenvalue weighted by Crippen LogP contribution is -2.51. The topological polar surface area (TPSA) is 189 Å². The summed E-state index contributed by atoms with van der Waals surface area (Å²) < 4.78 is 30.8. The maximum Gasteiger partial charge on any atom is 0.407 e. The molecule has 0 spiro atoms. The average Bonchev–Trinajstić information content (AvgIpc) is 4.02. The number of benzene rings is 2. The van der Waals surface area contributed by atoms with Crippen LogP contribution in [-0.4, -0.2) is 97.2 Å². The summed E-state index contributed by atoms with van der Waals surface area (Å²) in [6, 6.07) is 10.5. The Labute approximate surface area is 404 Å². The third-order valence-electron chi connectivity index (χ3n) is 14.5. The van der Waals surface area contributed by atoms with Crippen molar-refractivity contribution in [2.75, 3.05) is 19.8 Å². The molecule has 2 aromatic carbocycles. The Morgan fingerprint density at radius 2 is 1.71 bits per heavy atom. The van der Waals surface area contributed by atoms with Crippen LogP contribution in [0.25, 0.3) is 44.7 Å². The molecule has 2 unspecified atom stereocenters. The molecule has 11 rings (SSSR count). The Balaban J connectivity index is 0.911. The number of aromatic amines is 2. The predicted octanol–water partition coefficient (Wildman–Crippen LogP) is 9.14. The van der Waals surface area contributed by atoms with Gasteiger partial charge in [-0.15, -0.1) is 11.3 Å². The van der Waals surface area contributed by atoms with E-state index in [0.29, 0.717) is 58.5 Å². The highest BCUT2D eigenvalue weighted by atomic mass is 32.1. The molecule has 5 aliphatic rings. The van der Waals surface area contributed by atoms with Crippen LogP contribution in [0, 0.1) is 17.7 Å². The third kappa shape index (κ3) is 8.28. The molecule has 4 aromatic heterocycles. The second kappa shape index (κ2) is 17.5. The number of nitrogens with one attached hydrogen (secondary N) is 3. The van der Waals surface area contributed by atoms with E-state index in [1.807, 2.05) is 73.5 Å². The Bertz CT molecular complexity index is 3060. The molecule has 1 saturated carbocycles. The molecule has 3 amide bonds. The van der Waals surface area contributed by atoms with Crippen molar-refractivity contribution in [3.05, 3.63) is 107 Å². The molecule has 3 aliphatic heterocycles. The normalized spacial score (nSPS) is 22.4. The van der Waals surface area contributed by atoms with E-state index < -0.39 is 38.3 Å². The van der Waals surface area contributed by atoms with E-state index >= 15 is 4.39 Å². The molecule has 2 aliphatic carbocycles. The van der Waals surface area contributed by atoms with Crippen molar-refractivity contribution in [1.82, 2.24) is 44.6 Å². The number of nitrogens with two attached hydrogens (primary N) is 1. The van der Waals surface area contributed by atoms with Gasteiger partial charge in [-0.25, -0.2) is 24.1 Å². The molecule has 7 heterocycles. The monoisotopic (exact) mass is 968 g/mol. The van der Waals surface area contributed by atoms with Crippen LogP contribution in [0.3, 0.4) is 0 Å². The van der Waals surface area contributed by atoms with Crippen LogP contribution >= 0.6 is 11.3 Å². The van der Waals surface area contributed by atoms with Gasteiger partial charge in [-0.05, 0) is 74.4 Å². The number of carbonyl (C=O) groups is 3. The first-order valence-corrected chi connectivity index (χ1v) is 28.2. The van der Waals surface area contributed by atoms with Gasteiger partial charge in [0.15, 0.2) is 0 Å². The van der Waals surface area contributed by atoms with Crippen molar-refractivity contribution in [3.63, 3.8) is 0 Å². The second-order valence-corrected chi connectivity index (χ2v) is 26.5. The van der Waals surface area contributed by atoms with Crippen LogP contribution in [0.5, 0.6) is 5.75 Å². The molecule has 15 nitrogen and oxygen atoms in total.